The van der Waals surface area contributed by atoms with Crippen molar-refractivity contribution in [1.29, 1.82) is 0 Å². The molecule has 2 rings (SSSR count). The number of halogens is 1. The summed E-state index contributed by atoms with van der Waals surface area (Å²) in [4.78, 5) is 13.7. The highest BCUT2D eigenvalue weighted by atomic mass is 35.5. The van der Waals surface area contributed by atoms with Crippen LogP contribution in [0.1, 0.15) is 38.1 Å². The zero-order valence-electron chi connectivity index (χ0n) is 14.5. The van der Waals surface area contributed by atoms with Crippen LogP contribution in [0.2, 0.25) is 5.02 Å². The summed E-state index contributed by atoms with van der Waals surface area (Å²) in [5.41, 5.74) is 1.90. The second-order valence-corrected chi connectivity index (χ2v) is 6.71. The Morgan fingerprint density at radius 1 is 1.39 bits per heavy atom. The van der Waals surface area contributed by atoms with Crippen LogP contribution in [0, 0.1) is 13.8 Å². The lowest BCUT2D eigenvalue weighted by Gasteiger charge is -2.34. The summed E-state index contributed by atoms with van der Waals surface area (Å²) < 4.78 is 1.97. The number of piperidine rings is 1. The summed E-state index contributed by atoms with van der Waals surface area (Å²) in [5, 5.41) is 11.8. The fourth-order valence-electron chi connectivity index (χ4n) is 3.08. The van der Waals surface area contributed by atoms with Crippen molar-refractivity contribution in [2.75, 3.05) is 19.6 Å². The van der Waals surface area contributed by atoms with Gasteiger partial charge in [-0.3, -0.25) is 4.68 Å². The molecule has 1 aliphatic rings. The van der Waals surface area contributed by atoms with Crippen LogP contribution in [-0.2, 0) is 6.54 Å². The van der Waals surface area contributed by atoms with E-state index in [1.807, 2.05) is 30.4 Å². The minimum Gasteiger partial charge on any atom is -0.338 e. The average Bonchev–Trinajstić information content (AvgIpc) is 2.75. The molecule has 1 atom stereocenters. The summed E-state index contributed by atoms with van der Waals surface area (Å²) in [5.74, 6) is 0. The van der Waals surface area contributed by atoms with Gasteiger partial charge in [-0.05, 0) is 40.5 Å². The zero-order chi connectivity index (χ0) is 17.0. The van der Waals surface area contributed by atoms with E-state index in [-0.39, 0.29) is 6.03 Å². The molecule has 1 aliphatic heterocycles. The number of nitrogens with one attached hydrogen (secondary N) is 2. The summed E-state index contributed by atoms with van der Waals surface area (Å²) in [6.07, 6.45) is 1.97. The molecule has 6 nitrogen and oxygen atoms in total. The van der Waals surface area contributed by atoms with Gasteiger partial charge in [0.1, 0.15) is 0 Å². The Hall–Kier alpha value is -1.27. The number of carbonyl (C=O) groups excluding carboxylic acids is 1. The van der Waals surface area contributed by atoms with Crippen LogP contribution in [0.25, 0.3) is 0 Å². The predicted molar refractivity (Wildman–Crippen MR) is 93.0 cm³/mol. The molecule has 0 saturated carbocycles. The first-order valence-corrected chi connectivity index (χ1v) is 8.78. The number of urea groups is 1. The van der Waals surface area contributed by atoms with E-state index in [2.05, 4.69) is 22.7 Å². The van der Waals surface area contributed by atoms with Crippen molar-refractivity contribution in [1.82, 2.24) is 25.3 Å². The molecule has 2 heterocycles. The Bertz CT molecular complexity index is 537. The van der Waals surface area contributed by atoms with Gasteiger partial charge in [0.25, 0.3) is 0 Å². The number of rotatable bonds is 5. The summed E-state index contributed by atoms with van der Waals surface area (Å²) in [6, 6.07) is 0.810. The van der Waals surface area contributed by atoms with E-state index in [0.29, 0.717) is 18.6 Å². The Morgan fingerprint density at radius 2 is 2.04 bits per heavy atom. The van der Waals surface area contributed by atoms with Crippen LogP contribution in [0.4, 0.5) is 4.79 Å². The Morgan fingerprint density at radius 3 is 2.57 bits per heavy atom. The molecule has 1 aromatic rings. The van der Waals surface area contributed by atoms with Gasteiger partial charge in [-0.15, -0.1) is 0 Å². The molecule has 1 saturated heterocycles. The smallest absolute Gasteiger partial charge is 0.317 e. The highest BCUT2D eigenvalue weighted by Crippen LogP contribution is 2.19. The lowest BCUT2D eigenvalue weighted by Crippen LogP contribution is -2.50. The van der Waals surface area contributed by atoms with Gasteiger partial charge in [0, 0.05) is 31.7 Å². The topological polar surface area (TPSA) is 62.2 Å². The Balaban J connectivity index is 1.79. The number of aromatic nitrogens is 2. The first-order valence-electron chi connectivity index (χ1n) is 8.40. The van der Waals surface area contributed by atoms with Crippen molar-refractivity contribution < 1.29 is 4.79 Å². The third-order valence-electron chi connectivity index (χ3n) is 4.37. The number of hydrogen-bond acceptors (Lipinski definition) is 3. The first-order chi connectivity index (χ1) is 10.9. The standard InChI is InChI=1S/C16H28ClN5O/c1-5-18-16(23)21-8-6-14(7-9-21)19-11(2)10-22-13(4)15(17)12(3)20-22/h11,14,19H,5-10H2,1-4H3,(H,18,23). The molecule has 1 aromatic heterocycles. The molecule has 0 bridgehead atoms. The van der Waals surface area contributed by atoms with Crippen molar-refractivity contribution in [3.05, 3.63) is 16.4 Å². The fourth-order valence-corrected chi connectivity index (χ4v) is 3.21. The molecule has 0 radical (unpaired) electrons. The third kappa shape index (κ3) is 4.61. The minimum absolute atomic E-state index is 0.0521. The maximum Gasteiger partial charge on any atom is 0.317 e. The van der Waals surface area contributed by atoms with Gasteiger partial charge in [0.15, 0.2) is 0 Å². The van der Waals surface area contributed by atoms with Crippen LogP contribution < -0.4 is 10.6 Å². The number of carbonyl (C=O) groups is 1. The molecule has 1 fully saturated rings. The molecular formula is C16H28ClN5O. The van der Waals surface area contributed by atoms with E-state index in [1.54, 1.807) is 0 Å². The molecule has 2 N–H and O–H groups in total. The van der Waals surface area contributed by atoms with Crippen molar-refractivity contribution >= 4 is 17.6 Å². The van der Waals surface area contributed by atoms with Gasteiger partial charge >= 0.3 is 6.03 Å². The third-order valence-corrected chi connectivity index (χ3v) is 4.92. The van der Waals surface area contributed by atoms with Crippen LogP contribution in [0.3, 0.4) is 0 Å². The SMILES string of the molecule is CCNC(=O)N1CCC(NC(C)Cn2nc(C)c(Cl)c2C)CC1. The van der Waals surface area contributed by atoms with Crippen molar-refractivity contribution in [2.45, 2.75) is 59.2 Å². The molecule has 7 heteroatoms. The maximum atomic E-state index is 11.8. The number of hydrogen-bond donors (Lipinski definition) is 2. The number of aryl methyl sites for hydroxylation is 1. The second kappa shape index (κ2) is 8.02. The average molecular weight is 342 g/mol. The van der Waals surface area contributed by atoms with Crippen molar-refractivity contribution in [3.8, 4) is 0 Å². The summed E-state index contributed by atoms with van der Waals surface area (Å²) in [7, 11) is 0. The number of likely N-dealkylation sites (tertiary alicyclic amines) is 1. The predicted octanol–water partition coefficient (Wildman–Crippen LogP) is 2.33. The summed E-state index contributed by atoms with van der Waals surface area (Å²) >= 11 is 6.20. The zero-order valence-corrected chi connectivity index (χ0v) is 15.3. The highest BCUT2D eigenvalue weighted by molar-refractivity contribution is 6.31. The highest BCUT2D eigenvalue weighted by Gasteiger charge is 2.23. The Kier molecular flexibility index (Phi) is 6.30. The lowest BCUT2D eigenvalue weighted by molar-refractivity contribution is 0.174. The lowest BCUT2D eigenvalue weighted by atomic mass is 10.0. The van der Waals surface area contributed by atoms with Gasteiger partial charge in [0.2, 0.25) is 0 Å². The van der Waals surface area contributed by atoms with E-state index in [0.717, 1.165) is 48.9 Å². The van der Waals surface area contributed by atoms with E-state index >= 15 is 0 Å². The van der Waals surface area contributed by atoms with Crippen molar-refractivity contribution in [2.24, 2.45) is 0 Å². The van der Waals surface area contributed by atoms with Crippen LogP contribution in [0.5, 0.6) is 0 Å². The Labute approximate surface area is 143 Å². The minimum atomic E-state index is 0.0521. The van der Waals surface area contributed by atoms with E-state index < -0.39 is 0 Å². The number of nitrogens with zero attached hydrogens (tertiary/aromatic N) is 3. The molecule has 0 spiro atoms. The van der Waals surface area contributed by atoms with Crippen LogP contribution in [0.15, 0.2) is 0 Å². The summed E-state index contributed by atoms with van der Waals surface area (Å²) in [6.45, 7) is 11.1. The molecule has 1 unspecified atom stereocenters. The van der Waals surface area contributed by atoms with Gasteiger partial charge in [-0.1, -0.05) is 11.6 Å². The maximum absolute atomic E-state index is 11.8. The van der Waals surface area contributed by atoms with E-state index in [1.165, 1.54) is 0 Å². The van der Waals surface area contributed by atoms with Gasteiger partial charge in [0.05, 0.1) is 23.0 Å². The van der Waals surface area contributed by atoms with Crippen molar-refractivity contribution in [3.63, 3.8) is 0 Å². The molecule has 23 heavy (non-hydrogen) atoms. The molecule has 0 aromatic carbocycles. The van der Waals surface area contributed by atoms with Gasteiger partial charge in [-0.2, -0.15) is 5.10 Å². The van der Waals surface area contributed by atoms with E-state index in [4.69, 9.17) is 11.6 Å². The molecule has 130 valence electrons. The number of amides is 2. The molecular weight excluding hydrogens is 314 g/mol. The quantitative estimate of drug-likeness (QED) is 0.864. The second-order valence-electron chi connectivity index (χ2n) is 6.33. The van der Waals surface area contributed by atoms with Gasteiger partial charge < -0.3 is 15.5 Å². The molecule has 2 amide bonds. The molecule has 0 aliphatic carbocycles. The van der Waals surface area contributed by atoms with Crippen LogP contribution >= 0.6 is 11.6 Å². The van der Waals surface area contributed by atoms with Gasteiger partial charge in [-0.25, -0.2) is 4.79 Å². The first kappa shape index (κ1) is 18.1. The largest absolute Gasteiger partial charge is 0.338 e. The normalized spacial score (nSPS) is 17.3. The fraction of sp³-hybridized carbons (Fsp3) is 0.750. The van der Waals surface area contributed by atoms with Crippen LogP contribution in [-0.4, -0.2) is 52.4 Å². The van der Waals surface area contributed by atoms with E-state index in [9.17, 15) is 4.79 Å². The monoisotopic (exact) mass is 341 g/mol.